The minimum absolute atomic E-state index is 0.115. The average molecular weight is 290 g/mol. The number of hydrogen-bond acceptors (Lipinski definition) is 3. The van der Waals surface area contributed by atoms with Gasteiger partial charge < -0.3 is 10.6 Å². The number of aromatic nitrogens is 1. The van der Waals surface area contributed by atoms with Crippen LogP contribution in [0.15, 0.2) is 12.3 Å². The third-order valence-electron chi connectivity index (χ3n) is 2.05. The zero-order valence-electron chi connectivity index (χ0n) is 10.8. The Bertz CT molecular complexity index is 443. The predicted octanol–water partition coefficient (Wildman–Crippen LogP) is 3.10. The molecule has 100 valence electrons. The summed E-state index contributed by atoms with van der Waals surface area (Å²) >= 11 is 11.7. The van der Waals surface area contributed by atoms with Gasteiger partial charge in [-0.25, -0.2) is 4.98 Å². The monoisotopic (exact) mass is 289 g/mol. The molecule has 2 N–H and O–H groups in total. The van der Waals surface area contributed by atoms with Crippen LogP contribution in [0.5, 0.6) is 0 Å². The Balaban J connectivity index is 2.69. The van der Waals surface area contributed by atoms with Gasteiger partial charge in [0.2, 0.25) is 5.91 Å². The maximum Gasteiger partial charge on any atom is 0.242 e. The zero-order valence-corrected chi connectivity index (χ0v) is 12.4. The van der Waals surface area contributed by atoms with Crippen molar-refractivity contribution in [1.29, 1.82) is 0 Å². The van der Waals surface area contributed by atoms with Crippen LogP contribution in [0.1, 0.15) is 27.7 Å². The summed E-state index contributed by atoms with van der Waals surface area (Å²) in [4.78, 5) is 15.9. The second kappa shape index (κ2) is 5.76. The molecule has 0 saturated carbocycles. The fraction of sp³-hybridized carbons (Fsp3) is 0.500. The van der Waals surface area contributed by atoms with E-state index in [2.05, 4.69) is 15.6 Å². The maximum absolute atomic E-state index is 11.9. The lowest BCUT2D eigenvalue weighted by Gasteiger charge is -2.24. The molecule has 1 amide bonds. The highest BCUT2D eigenvalue weighted by Gasteiger charge is 2.20. The van der Waals surface area contributed by atoms with Crippen LogP contribution >= 0.6 is 23.2 Å². The predicted molar refractivity (Wildman–Crippen MR) is 75.2 cm³/mol. The third kappa shape index (κ3) is 4.70. The molecule has 0 aliphatic rings. The highest BCUT2D eigenvalue weighted by atomic mass is 35.5. The van der Waals surface area contributed by atoms with Crippen molar-refractivity contribution in [3.8, 4) is 0 Å². The molecule has 1 atom stereocenters. The van der Waals surface area contributed by atoms with Crippen LogP contribution in [0.4, 0.5) is 5.82 Å². The summed E-state index contributed by atoms with van der Waals surface area (Å²) in [6, 6.07) is 1.14. The number of amides is 1. The first-order valence-electron chi connectivity index (χ1n) is 5.58. The van der Waals surface area contributed by atoms with Gasteiger partial charge in [0, 0.05) is 11.7 Å². The van der Waals surface area contributed by atoms with Crippen LogP contribution in [0, 0.1) is 0 Å². The highest BCUT2D eigenvalue weighted by molar-refractivity contribution is 6.36. The number of halogens is 2. The van der Waals surface area contributed by atoms with Gasteiger partial charge in [-0.3, -0.25) is 4.79 Å². The highest BCUT2D eigenvalue weighted by Crippen LogP contribution is 2.23. The van der Waals surface area contributed by atoms with Crippen LogP contribution in [-0.2, 0) is 4.79 Å². The van der Waals surface area contributed by atoms with E-state index in [1.54, 1.807) is 13.0 Å². The molecule has 0 aliphatic carbocycles. The van der Waals surface area contributed by atoms with E-state index < -0.39 is 6.04 Å². The fourth-order valence-corrected chi connectivity index (χ4v) is 1.70. The third-order valence-corrected chi connectivity index (χ3v) is 2.55. The molecular weight excluding hydrogens is 273 g/mol. The number of carbonyl (C=O) groups is 1. The van der Waals surface area contributed by atoms with Crippen molar-refractivity contribution >= 4 is 34.9 Å². The number of nitrogens with zero attached hydrogens (tertiary/aromatic N) is 1. The van der Waals surface area contributed by atoms with Crippen molar-refractivity contribution in [3.63, 3.8) is 0 Å². The largest absolute Gasteiger partial charge is 0.357 e. The molecule has 1 heterocycles. The van der Waals surface area contributed by atoms with Gasteiger partial charge in [0.15, 0.2) is 0 Å². The lowest BCUT2D eigenvalue weighted by Crippen LogP contribution is -2.47. The minimum atomic E-state index is -0.435. The quantitative estimate of drug-likeness (QED) is 0.899. The van der Waals surface area contributed by atoms with Crippen molar-refractivity contribution < 1.29 is 4.79 Å². The summed E-state index contributed by atoms with van der Waals surface area (Å²) < 4.78 is 0. The SMILES string of the molecule is CC(Nc1ncc(Cl)cc1Cl)C(=O)NC(C)(C)C. The number of carbonyl (C=O) groups excluding carboxylic acids is 1. The van der Waals surface area contributed by atoms with E-state index in [0.717, 1.165) is 0 Å². The van der Waals surface area contributed by atoms with Gasteiger partial charge in [-0.15, -0.1) is 0 Å². The number of nitrogens with one attached hydrogen (secondary N) is 2. The fourth-order valence-electron chi connectivity index (χ4n) is 1.27. The minimum Gasteiger partial charge on any atom is -0.357 e. The van der Waals surface area contributed by atoms with Gasteiger partial charge in [0.05, 0.1) is 10.0 Å². The molecule has 0 bridgehead atoms. The Morgan fingerprint density at radius 1 is 1.39 bits per heavy atom. The molecule has 4 nitrogen and oxygen atoms in total. The van der Waals surface area contributed by atoms with Crippen LogP contribution in [0.2, 0.25) is 10.0 Å². The number of anilines is 1. The number of hydrogen-bond donors (Lipinski definition) is 2. The molecule has 18 heavy (non-hydrogen) atoms. The van der Waals surface area contributed by atoms with Gasteiger partial charge in [-0.05, 0) is 33.8 Å². The molecule has 0 saturated heterocycles. The average Bonchev–Trinajstić information content (AvgIpc) is 2.19. The molecule has 6 heteroatoms. The Labute approximate surface area is 117 Å². The van der Waals surface area contributed by atoms with Crippen molar-refractivity contribution in [3.05, 3.63) is 22.3 Å². The smallest absolute Gasteiger partial charge is 0.242 e. The first-order chi connectivity index (χ1) is 8.19. The first kappa shape index (κ1) is 15.1. The Hall–Kier alpha value is -1.00. The molecular formula is C12H17Cl2N3O. The Morgan fingerprint density at radius 3 is 2.50 bits per heavy atom. The number of rotatable bonds is 3. The summed E-state index contributed by atoms with van der Waals surface area (Å²) in [5.74, 6) is 0.327. The van der Waals surface area contributed by atoms with E-state index in [9.17, 15) is 4.79 Å². The molecule has 0 aromatic carbocycles. The van der Waals surface area contributed by atoms with Crippen LogP contribution in [-0.4, -0.2) is 22.5 Å². The number of pyridine rings is 1. The molecule has 0 aliphatic heterocycles. The topological polar surface area (TPSA) is 54.0 Å². The maximum atomic E-state index is 11.9. The van der Waals surface area contributed by atoms with Crippen LogP contribution < -0.4 is 10.6 Å². The summed E-state index contributed by atoms with van der Waals surface area (Å²) in [5.41, 5.74) is -0.274. The summed E-state index contributed by atoms with van der Waals surface area (Å²) in [5, 5.41) is 6.66. The van der Waals surface area contributed by atoms with Gasteiger partial charge in [0.25, 0.3) is 0 Å². The summed E-state index contributed by atoms with van der Waals surface area (Å²) in [6.07, 6.45) is 1.48. The lowest BCUT2D eigenvalue weighted by atomic mass is 10.1. The molecule has 1 rings (SSSR count). The summed E-state index contributed by atoms with van der Waals surface area (Å²) in [6.45, 7) is 7.51. The molecule has 0 radical (unpaired) electrons. The van der Waals surface area contributed by atoms with Crippen molar-refractivity contribution in [1.82, 2.24) is 10.3 Å². The van der Waals surface area contributed by atoms with E-state index in [4.69, 9.17) is 23.2 Å². The van der Waals surface area contributed by atoms with Crippen LogP contribution in [0.3, 0.4) is 0 Å². The second-order valence-corrected chi connectivity index (χ2v) is 5.93. The van der Waals surface area contributed by atoms with Crippen molar-refractivity contribution in [2.24, 2.45) is 0 Å². The van der Waals surface area contributed by atoms with E-state index >= 15 is 0 Å². The second-order valence-electron chi connectivity index (χ2n) is 5.09. The van der Waals surface area contributed by atoms with Gasteiger partial charge in [0.1, 0.15) is 11.9 Å². The van der Waals surface area contributed by atoms with E-state index in [-0.39, 0.29) is 11.4 Å². The van der Waals surface area contributed by atoms with Gasteiger partial charge >= 0.3 is 0 Å². The first-order valence-corrected chi connectivity index (χ1v) is 6.34. The normalized spacial score (nSPS) is 13.0. The summed E-state index contributed by atoms with van der Waals surface area (Å²) in [7, 11) is 0. The molecule has 1 aromatic heterocycles. The van der Waals surface area contributed by atoms with Crippen LogP contribution in [0.25, 0.3) is 0 Å². The van der Waals surface area contributed by atoms with Gasteiger partial charge in [-0.1, -0.05) is 23.2 Å². The molecule has 1 unspecified atom stereocenters. The molecule has 0 spiro atoms. The standard InChI is InChI=1S/C12H17Cl2N3O/c1-7(11(18)17-12(2,3)4)16-10-9(14)5-8(13)6-15-10/h5-7H,1-4H3,(H,15,16)(H,17,18). The van der Waals surface area contributed by atoms with E-state index in [1.807, 2.05) is 20.8 Å². The van der Waals surface area contributed by atoms with E-state index in [1.165, 1.54) is 6.20 Å². The Kier molecular flexibility index (Phi) is 4.82. The van der Waals surface area contributed by atoms with Crippen molar-refractivity contribution in [2.45, 2.75) is 39.3 Å². The molecule has 1 aromatic rings. The Morgan fingerprint density at radius 2 is 2.00 bits per heavy atom. The van der Waals surface area contributed by atoms with Gasteiger partial charge in [-0.2, -0.15) is 0 Å². The molecule has 0 fully saturated rings. The van der Waals surface area contributed by atoms with E-state index in [0.29, 0.717) is 15.9 Å². The van der Waals surface area contributed by atoms with Crippen molar-refractivity contribution in [2.75, 3.05) is 5.32 Å². The zero-order chi connectivity index (χ0) is 13.9. The lowest BCUT2D eigenvalue weighted by molar-refractivity contribution is -0.122.